The van der Waals surface area contributed by atoms with Crippen molar-refractivity contribution in [2.24, 2.45) is 16.7 Å². The maximum Gasteiger partial charge on any atom is 0.306 e. The first kappa shape index (κ1) is 11.0. The molecule has 3 atom stereocenters. The van der Waals surface area contributed by atoms with Gasteiger partial charge >= 0.3 is 5.97 Å². The zero-order valence-electron chi connectivity index (χ0n) is 10.0. The zero-order chi connectivity index (χ0) is 11.3. The molecule has 0 aromatic rings. The molecule has 2 fully saturated rings. The highest BCUT2D eigenvalue weighted by Gasteiger charge is 2.62. The van der Waals surface area contributed by atoms with Gasteiger partial charge in [0, 0.05) is 11.8 Å². The van der Waals surface area contributed by atoms with Crippen LogP contribution in [-0.4, -0.2) is 12.1 Å². The SMILES string of the molecule is [CH2]CC(=O)OC1CC2CCC1(C)C2(C)C. The highest BCUT2D eigenvalue weighted by molar-refractivity contribution is 5.70. The van der Waals surface area contributed by atoms with Gasteiger partial charge in [-0.1, -0.05) is 20.8 Å². The predicted molar refractivity (Wildman–Crippen MR) is 59.1 cm³/mol. The van der Waals surface area contributed by atoms with Crippen LogP contribution in [0.3, 0.4) is 0 Å². The molecule has 2 saturated carbocycles. The van der Waals surface area contributed by atoms with Crippen LogP contribution in [0.1, 0.15) is 46.5 Å². The average Bonchev–Trinajstić information content (AvgIpc) is 2.50. The van der Waals surface area contributed by atoms with E-state index in [4.69, 9.17) is 4.74 Å². The van der Waals surface area contributed by atoms with E-state index in [9.17, 15) is 4.79 Å². The van der Waals surface area contributed by atoms with Crippen LogP contribution in [0.4, 0.5) is 0 Å². The van der Waals surface area contributed by atoms with E-state index in [1.54, 1.807) is 0 Å². The maximum absolute atomic E-state index is 11.3. The summed E-state index contributed by atoms with van der Waals surface area (Å²) >= 11 is 0. The first-order valence-electron chi connectivity index (χ1n) is 5.90. The van der Waals surface area contributed by atoms with Gasteiger partial charge < -0.3 is 4.74 Å². The second-order valence-corrected chi connectivity index (χ2v) is 5.84. The molecule has 2 aliphatic rings. The molecular weight excluding hydrogens is 188 g/mol. The molecule has 0 aromatic carbocycles. The van der Waals surface area contributed by atoms with Crippen LogP contribution in [0.25, 0.3) is 0 Å². The molecule has 2 bridgehead atoms. The molecule has 2 nitrogen and oxygen atoms in total. The Bertz CT molecular complexity index is 282. The minimum Gasteiger partial charge on any atom is -0.462 e. The van der Waals surface area contributed by atoms with Crippen LogP contribution < -0.4 is 0 Å². The minimum atomic E-state index is -0.149. The van der Waals surface area contributed by atoms with Gasteiger partial charge in [0.1, 0.15) is 6.10 Å². The number of hydrogen-bond acceptors (Lipinski definition) is 2. The quantitative estimate of drug-likeness (QED) is 0.653. The van der Waals surface area contributed by atoms with Crippen molar-refractivity contribution in [2.75, 3.05) is 0 Å². The van der Waals surface area contributed by atoms with Crippen LogP contribution in [0, 0.1) is 23.7 Å². The molecule has 3 unspecified atom stereocenters. The molecule has 0 N–H and O–H groups in total. The predicted octanol–water partition coefficient (Wildman–Crippen LogP) is 2.97. The number of rotatable bonds is 2. The molecular formula is C13H21O2. The molecule has 85 valence electrons. The fourth-order valence-electron chi connectivity index (χ4n) is 3.53. The highest BCUT2D eigenvalue weighted by atomic mass is 16.5. The Balaban J connectivity index is 2.15. The Hall–Kier alpha value is -0.530. The lowest BCUT2D eigenvalue weighted by Crippen LogP contribution is -2.38. The van der Waals surface area contributed by atoms with E-state index in [0.717, 1.165) is 12.3 Å². The molecule has 2 rings (SSSR count). The van der Waals surface area contributed by atoms with Crippen molar-refractivity contribution in [3.05, 3.63) is 6.92 Å². The lowest BCUT2D eigenvalue weighted by molar-refractivity contribution is -0.155. The van der Waals surface area contributed by atoms with Gasteiger partial charge in [-0.15, -0.1) is 0 Å². The van der Waals surface area contributed by atoms with Crippen molar-refractivity contribution in [3.63, 3.8) is 0 Å². The Morgan fingerprint density at radius 3 is 2.53 bits per heavy atom. The van der Waals surface area contributed by atoms with Gasteiger partial charge in [-0.05, 0) is 37.5 Å². The van der Waals surface area contributed by atoms with Gasteiger partial charge in [0.15, 0.2) is 0 Å². The van der Waals surface area contributed by atoms with Crippen LogP contribution >= 0.6 is 0 Å². The lowest BCUT2D eigenvalue weighted by atomic mass is 9.70. The monoisotopic (exact) mass is 209 g/mol. The Morgan fingerprint density at radius 1 is 1.47 bits per heavy atom. The van der Waals surface area contributed by atoms with Crippen LogP contribution in [-0.2, 0) is 9.53 Å². The van der Waals surface area contributed by atoms with Gasteiger partial charge in [0.25, 0.3) is 0 Å². The molecule has 0 heterocycles. The normalized spacial score (nSPS) is 41.9. The molecule has 0 spiro atoms. The average molecular weight is 209 g/mol. The van der Waals surface area contributed by atoms with Gasteiger partial charge in [-0.2, -0.15) is 0 Å². The maximum atomic E-state index is 11.3. The van der Waals surface area contributed by atoms with Gasteiger partial charge in [-0.25, -0.2) is 0 Å². The number of esters is 1. The van der Waals surface area contributed by atoms with E-state index in [0.29, 0.717) is 5.41 Å². The van der Waals surface area contributed by atoms with Crippen LogP contribution in [0.15, 0.2) is 0 Å². The standard InChI is InChI=1S/C13H21O2/c1-5-11(14)15-10-8-9-6-7-13(10,4)12(9,2)3/h9-10H,1,5-8H2,2-4H3. The summed E-state index contributed by atoms with van der Waals surface area (Å²) in [7, 11) is 0. The van der Waals surface area contributed by atoms with Gasteiger partial charge in [0.2, 0.25) is 0 Å². The first-order valence-corrected chi connectivity index (χ1v) is 5.90. The largest absolute Gasteiger partial charge is 0.462 e. The number of hydrogen-bond donors (Lipinski definition) is 0. The molecule has 2 heteroatoms. The zero-order valence-corrected chi connectivity index (χ0v) is 10.0. The second-order valence-electron chi connectivity index (χ2n) is 5.84. The summed E-state index contributed by atoms with van der Waals surface area (Å²) in [6.07, 6.45) is 3.91. The third-order valence-electron chi connectivity index (χ3n) is 5.19. The van der Waals surface area contributed by atoms with Gasteiger partial charge in [0.05, 0.1) is 0 Å². The van der Waals surface area contributed by atoms with E-state index < -0.39 is 0 Å². The number of fused-ring (bicyclic) bond motifs is 2. The van der Waals surface area contributed by atoms with E-state index in [1.165, 1.54) is 12.8 Å². The molecule has 0 saturated heterocycles. The highest BCUT2D eigenvalue weighted by Crippen LogP contribution is 2.66. The van der Waals surface area contributed by atoms with Gasteiger partial charge in [-0.3, -0.25) is 4.79 Å². The summed E-state index contributed by atoms with van der Waals surface area (Å²) in [4.78, 5) is 11.3. The van der Waals surface area contributed by atoms with Crippen molar-refractivity contribution < 1.29 is 9.53 Å². The summed E-state index contributed by atoms with van der Waals surface area (Å²) in [6, 6.07) is 0. The van der Waals surface area contributed by atoms with Crippen molar-refractivity contribution in [2.45, 2.75) is 52.6 Å². The topological polar surface area (TPSA) is 26.3 Å². The summed E-state index contributed by atoms with van der Waals surface area (Å²) in [5, 5.41) is 0. The third kappa shape index (κ3) is 1.33. The van der Waals surface area contributed by atoms with E-state index >= 15 is 0 Å². The molecule has 0 aliphatic heterocycles. The molecule has 1 radical (unpaired) electrons. The number of carbonyl (C=O) groups excluding carboxylic acids is 1. The molecule has 0 aromatic heterocycles. The van der Waals surface area contributed by atoms with E-state index in [2.05, 4.69) is 27.7 Å². The number of ether oxygens (including phenoxy) is 1. The summed E-state index contributed by atoms with van der Waals surface area (Å²) in [5.74, 6) is 0.578. The van der Waals surface area contributed by atoms with E-state index in [1.807, 2.05) is 0 Å². The second kappa shape index (κ2) is 3.23. The summed E-state index contributed by atoms with van der Waals surface area (Å²) in [6.45, 7) is 10.5. The summed E-state index contributed by atoms with van der Waals surface area (Å²) in [5.41, 5.74) is 0.502. The number of carbonyl (C=O) groups is 1. The van der Waals surface area contributed by atoms with E-state index in [-0.39, 0.29) is 23.9 Å². The lowest BCUT2D eigenvalue weighted by Gasteiger charge is -2.38. The fraction of sp³-hybridized carbons (Fsp3) is 0.846. The van der Waals surface area contributed by atoms with Crippen molar-refractivity contribution >= 4 is 5.97 Å². The third-order valence-corrected chi connectivity index (χ3v) is 5.19. The Labute approximate surface area is 92.4 Å². The van der Waals surface area contributed by atoms with Crippen molar-refractivity contribution in [3.8, 4) is 0 Å². The first-order chi connectivity index (χ1) is 6.91. The Kier molecular flexibility index (Phi) is 2.36. The van der Waals surface area contributed by atoms with Crippen LogP contribution in [0.5, 0.6) is 0 Å². The molecule has 0 amide bonds. The summed E-state index contributed by atoms with van der Waals surface area (Å²) < 4.78 is 5.53. The minimum absolute atomic E-state index is 0.125. The fourth-order valence-corrected chi connectivity index (χ4v) is 3.53. The van der Waals surface area contributed by atoms with Crippen LogP contribution in [0.2, 0.25) is 0 Å². The smallest absolute Gasteiger partial charge is 0.306 e. The Morgan fingerprint density at radius 2 is 2.13 bits per heavy atom. The van der Waals surface area contributed by atoms with Crippen molar-refractivity contribution in [1.82, 2.24) is 0 Å². The van der Waals surface area contributed by atoms with Crippen molar-refractivity contribution in [1.29, 1.82) is 0 Å². The molecule has 15 heavy (non-hydrogen) atoms. The molecule has 2 aliphatic carbocycles.